The molecule has 2 aromatic heterocycles. The van der Waals surface area contributed by atoms with Crippen LogP contribution in [-0.4, -0.2) is 40.5 Å². The molecule has 9 heteroatoms. The van der Waals surface area contributed by atoms with Gasteiger partial charge in [-0.1, -0.05) is 18.2 Å². The number of fused-ring (bicyclic) bond motifs is 2. The van der Waals surface area contributed by atoms with E-state index in [1.165, 1.54) is 6.20 Å². The molecule has 24 heavy (non-hydrogen) atoms. The van der Waals surface area contributed by atoms with Crippen LogP contribution in [0.25, 0.3) is 10.9 Å². The molecule has 1 aliphatic heterocycles. The van der Waals surface area contributed by atoms with E-state index in [0.717, 1.165) is 10.9 Å². The van der Waals surface area contributed by atoms with Gasteiger partial charge in [0.1, 0.15) is 10.6 Å². The smallest absolute Gasteiger partial charge is 0.270 e. The van der Waals surface area contributed by atoms with Gasteiger partial charge in [0, 0.05) is 17.4 Å². The van der Waals surface area contributed by atoms with Crippen LogP contribution in [0, 0.1) is 0 Å². The van der Waals surface area contributed by atoms with E-state index in [1.54, 1.807) is 15.6 Å². The van der Waals surface area contributed by atoms with E-state index in [4.69, 9.17) is 5.14 Å². The van der Waals surface area contributed by atoms with Crippen LogP contribution in [0.1, 0.15) is 16.2 Å². The summed E-state index contributed by atoms with van der Waals surface area (Å²) >= 11 is 0. The Labute approximate surface area is 137 Å². The number of amides is 1. The van der Waals surface area contributed by atoms with Crippen LogP contribution in [0.5, 0.6) is 0 Å². The van der Waals surface area contributed by atoms with Crippen molar-refractivity contribution in [2.24, 2.45) is 5.14 Å². The fourth-order valence-corrected chi connectivity index (χ4v) is 3.68. The fraction of sp³-hybridized carbons (Fsp3) is 0.200. The molecule has 3 N–H and O–H groups in total. The van der Waals surface area contributed by atoms with Crippen molar-refractivity contribution in [1.29, 1.82) is 0 Å². The molecule has 1 aromatic carbocycles. The van der Waals surface area contributed by atoms with E-state index in [2.05, 4.69) is 10.1 Å². The zero-order chi connectivity index (χ0) is 16.9. The third-order valence-electron chi connectivity index (χ3n) is 4.19. The number of aromatic amines is 1. The van der Waals surface area contributed by atoms with Crippen molar-refractivity contribution in [2.45, 2.75) is 18.0 Å². The second kappa shape index (κ2) is 5.18. The first-order valence-electron chi connectivity index (χ1n) is 7.38. The van der Waals surface area contributed by atoms with E-state index in [-0.39, 0.29) is 17.3 Å². The van der Waals surface area contributed by atoms with Gasteiger partial charge in [-0.05, 0) is 12.1 Å². The first-order chi connectivity index (χ1) is 11.4. The summed E-state index contributed by atoms with van der Waals surface area (Å²) in [6.07, 6.45) is 1.24. The van der Waals surface area contributed by atoms with Crippen LogP contribution in [0.4, 0.5) is 0 Å². The number of nitrogens with zero attached hydrogens (tertiary/aromatic N) is 3. The number of H-pyrrole nitrogens is 1. The maximum atomic E-state index is 12.7. The van der Waals surface area contributed by atoms with Crippen molar-refractivity contribution in [1.82, 2.24) is 19.7 Å². The molecule has 0 radical (unpaired) electrons. The zero-order valence-corrected chi connectivity index (χ0v) is 13.5. The molecule has 1 amide bonds. The highest BCUT2D eigenvalue weighted by Crippen LogP contribution is 2.22. The molecule has 3 aromatic rings. The lowest BCUT2D eigenvalue weighted by atomic mass is 10.2. The van der Waals surface area contributed by atoms with E-state index in [1.807, 2.05) is 24.3 Å². The number of hydrogen-bond acceptors (Lipinski definition) is 4. The Hall–Kier alpha value is -2.65. The average Bonchev–Trinajstić information content (AvgIpc) is 3.16. The quantitative estimate of drug-likeness (QED) is 0.710. The number of primary sulfonamides is 1. The predicted octanol–water partition coefficient (Wildman–Crippen LogP) is 0.668. The number of aromatic nitrogens is 3. The number of hydrogen-bond donors (Lipinski definition) is 2. The Kier molecular flexibility index (Phi) is 3.22. The highest BCUT2D eigenvalue weighted by atomic mass is 32.2. The number of para-hydroxylation sites is 1. The van der Waals surface area contributed by atoms with Crippen LogP contribution < -0.4 is 5.14 Å². The molecule has 4 rings (SSSR count). The lowest BCUT2D eigenvalue weighted by Gasteiger charge is -2.27. The van der Waals surface area contributed by atoms with Crippen molar-refractivity contribution in [3.63, 3.8) is 0 Å². The van der Waals surface area contributed by atoms with Crippen LogP contribution in [0.15, 0.2) is 41.4 Å². The molecule has 0 saturated heterocycles. The lowest BCUT2D eigenvalue weighted by molar-refractivity contribution is 0.0698. The second-order valence-corrected chi connectivity index (χ2v) is 7.25. The minimum atomic E-state index is -3.86. The van der Waals surface area contributed by atoms with Gasteiger partial charge in [0.25, 0.3) is 5.91 Å². The second-order valence-electron chi connectivity index (χ2n) is 5.72. The van der Waals surface area contributed by atoms with Crippen LogP contribution in [0.3, 0.4) is 0 Å². The Morgan fingerprint density at radius 3 is 2.79 bits per heavy atom. The number of nitrogens with one attached hydrogen (secondary N) is 1. The summed E-state index contributed by atoms with van der Waals surface area (Å²) in [6.45, 7) is 1.03. The third kappa shape index (κ3) is 2.38. The molecule has 8 nitrogen and oxygen atoms in total. The summed E-state index contributed by atoms with van der Waals surface area (Å²) in [6, 6.07) is 9.42. The summed E-state index contributed by atoms with van der Waals surface area (Å²) in [5.41, 5.74) is 1.79. The van der Waals surface area contributed by atoms with Gasteiger partial charge in [-0.25, -0.2) is 13.6 Å². The summed E-state index contributed by atoms with van der Waals surface area (Å²) < 4.78 is 24.9. The number of benzene rings is 1. The number of nitrogens with two attached hydrogens (primary N) is 1. The van der Waals surface area contributed by atoms with E-state index >= 15 is 0 Å². The number of sulfonamides is 1. The summed E-state index contributed by atoms with van der Waals surface area (Å²) in [7, 11) is -3.86. The van der Waals surface area contributed by atoms with Crippen LogP contribution in [-0.2, 0) is 23.1 Å². The highest BCUT2D eigenvalue weighted by Gasteiger charge is 2.28. The maximum absolute atomic E-state index is 12.7. The molecule has 0 aliphatic carbocycles. The van der Waals surface area contributed by atoms with Crippen molar-refractivity contribution in [3.8, 4) is 0 Å². The molecule has 0 unspecified atom stereocenters. The predicted molar refractivity (Wildman–Crippen MR) is 86.6 cm³/mol. The van der Waals surface area contributed by atoms with Crippen molar-refractivity contribution < 1.29 is 13.2 Å². The first kappa shape index (κ1) is 14.9. The molecule has 0 saturated carbocycles. The van der Waals surface area contributed by atoms with E-state index < -0.39 is 10.0 Å². The van der Waals surface area contributed by atoms with Gasteiger partial charge in [0.2, 0.25) is 10.0 Å². The molecule has 124 valence electrons. The van der Waals surface area contributed by atoms with Gasteiger partial charge in [0.15, 0.2) is 0 Å². The SMILES string of the molecule is NS(=O)(=O)c1cnn2c1CN(C(=O)c1cc3ccccc3[nH]1)CC2. The topological polar surface area (TPSA) is 114 Å². The van der Waals surface area contributed by atoms with Gasteiger partial charge >= 0.3 is 0 Å². The standard InChI is InChI=1S/C15H15N5O3S/c16-24(22,23)14-8-17-20-6-5-19(9-13(14)20)15(21)12-7-10-3-1-2-4-11(10)18-12/h1-4,7-8,18H,5-6,9H2,(H2,16,22,23). The van der Waals surface area contributed by atoms with Gasteiger partial charge in [-0.2, -0.15) is 5.10 Å². The van der Waals surface area contributed by atoms with Gasteiger partial charge in [0.05, 0.1) is 25.0 Å². The Balaban J connectivity index is 1.66. The number of carbonyl (C=O) groups excluding carboxylic acids is 1. The molecule has 0 spiro atoms. The zero-order valence-electron chi connectivity index (χ0n) is 12.6. The normalized spacial score (nSPS) is 14.8. The van der Waals surface area contributed by atoms with E-state index in [0.29, 0.717) is 24.5 Å². The van der Waals surface area contributed by atoms with Crippen LogP contribution >= 0.6 is 0 Å². The maximum Gasteiger partial charge on any atom is 0.270 e. The van der Waals surface area contributed by atoms with Gasteiger partial charge in [-0.3, -0.25) is 9.48 Å². The number of rotatable bonds is 2. The minimum absolute atomic E-state index is 0.0309. The number of carbonyl (C=O) groups is 1. The highest BCUT2D eigenvalue weighted by molar-refractivity contribution is 7.89. The third-order valence-corrected chi connectivity index (χ3v) is 5.14. The minimum Gasteiger partial charge on any atom is -0.351 e. The molecular formula is C15H15N5O3S. The van der Waals surface area contributed by atoms with Crippen molar-refractivity contribution >= 4 is 26.8 Å². The first-order valence-corrected chi connectivity index (χ1v) is 8.92. The fourth-order valence-electron chi connectivity index (χ4n) is 2.99. The van der Waals surface area contributed by atoms with E-state index in [9.17, 15) is 13.2 Å². The molecule has 1 aliphatic rings. The summed E-state index contributed by atoms with van der Waals surface area (Å²) in [5, 5.41) is 10.2. The Bertz CT molecular complexity index is 1020. The molecule has 0 atom stereocenters. The summed E-state index contributed by atoms with van der Waals surface area (Å²) in [4.78, 5) is 17.4. The Morgan fingerprint density at radius 1 is 1.25 bits per heavy atom. The van der Waals surface area contributed by atoms with Crippen molar-refractivity contribution in [3.05, 3.63) is 47.9 Å². The molecule has 0 bridgehead atoms. The molecule has 0 fully saturated rings. The molecule has 3 heterocycles. The van der Waals surface area contributed by atoms with Crippen LogP contribution in [0.2, 0.25) is 0 Å². The Morgan fingerprint density at radius 2 is 2.04 bits per heavy atom. The van der Waals surface area contributed by atoms with Crippen molar-refractivity contribution in [2.75, 3.05) is 6.54 Å². The largest absolute Gasteiger partial charge is 0.351 e. The van der Waals surface area contributed by atoms with Gasteiger partial charge in [-0.15, -0.1) is 0 Å². The lowest BCUT2D eigenvalue weighted by Crippen LogP contribution is -2.39. The summed E-state index contributed by atoms with van der Waals surface area (Å²) in [5.74, 6) is -0.181. The molecular weight excluding hydrogens is 330 g/mol. The average molecular weight is 345 g/mol. The monoisotopic (exact) mass is 345 g/mol. The van der Waals surface area contributed by atoms with Gasteiger partial charge < -0.3 is 9.88 Å².